The number of aromatic amines is 1. The van der Waals surface area contributed by atoms with E-state index in [-0.39, 0.29) is 9.90 Å². The van der Waals surface area contributed by atoms with Crippen LogP contribution in [0, 0.1) is 22.9 Å². The first-order valence-electron chi connectivity index (χ1n) is 5.37. The van der Waals surface area contributed by atoms with Crippen molar-refractivity contribution in [3.63, 3.8) is 0 Å². The Morgan fingerprint density at radius 1 is 1.43 bits per heavy atom. The number of hydrogen-bond acceptors (Lipinski definition) is 6. The lowest BCUT2D eigenvalue weighted by Crippen LogP contribution is -2.14. The molecule has 0 aliphatic heterocycles. The Balaban J connectivity index is 2.51. The molecule has 0 aliphatic rings. The van der Waals surface area contributed by atoms with Gasteiger partial charge in [-0.1, -0.05) is 11.3 Å². The fraction of sp³-hybridized carbons (Fsp3) is 0.100. The fourth-order valence-electron chi connectivity index (χ4n) is 1.59. The molecule has 2 rings (SSSR count). The number of sulfonamides is 1. The molecule has 0 unspecified atom stereocenters. The van der Waals surface area contributed by atoms with Gasteiger partial charge in [0.25, 0.3) is 15.7 Å². The number of halogens is 1. The van der Waals surface area contributed by atoms with Gasteiger partial charge in [0.15, 0.2) is 4.21 Å². The maximum absolute atomic E-state index is 13.2. The number of nitrogens with zero attached hydrogens (tertiary/aromatic N) is 1. The topological polar surface area (TPSA) is 122 Å². The number of H-pyrrole nitrogens is 1. The van der Waals surface area contributed by atoms with Crippen molar-refractivity contribution < 1.29 is 17.7 Å². The molecule has 0 spiro atoms. The second-order valence-corrected chi connectivity index (χ2v) is 6.81. The second-order valence-electron chi connectivity index (χ2n) is 3.95. The van der Waals surface area contributed by atoms with Crippen LogP contribution in [0.2, 0.25) is 0 Å². The zero-order valence-electron chi connectivity index (χ0n) is 10.4. The quantitative estimate of drug-likeness (QED) is 0.650. The van der Waals surface area contributed by atoms with E-state index in [9.17, 15) is 27.7 Å². The van der Waals surface area contributed by atoms with Crippen molar-refractivity contribution in [2.24, 2.45) is 0 Å². The number of rotatable bonds is 4. The van der Waals surface area contributed by atoms with Crippen LogP contribution < -0.4 is 9.60 Å². The lowest BCUT2D eigenvalue weighted by atomic mass is 10.3. The molecule has 0 saturated carbocycles. The summed E-state index contributed by atoms with van der Waals surface area (Å²) in [6, 6.07) is 2.38. The van der Waals surface area contributed by atoms with Crippen molar-refractivity contribution in [3.05, 3.63) is 49.5 Å². The predicted octanol–water partition coefficient (Wildman–Crippen LogP) is 1.59. The highest BCUT2D eigenvalue weighted by Gasteiger charge is 2.25. The Hall–Kier alpha value is -2.27. The zero-order valence-corrected chi connectivity index (χ0v) is 12.0. The number of nitro benzene ring substituents is 1. The van der Waals surface area contributed by atoms with Gasteiger partial charge in [-0.05, 0) is 13.0 Å². The van der Waals surface area contributed by atoms with Gasteiger partial charge in [0.05, 0.1) is 4.92 Å². The third-order valence-corrected chi connectivity index (χ3v) is 5.40. The SMILES string of the molecule is Cc1[nH]c(=O)sc1S(=O)(=O)Nc1cc(F)ccc1[N+](=O)[O-]. The highest BCUT2D eigenvalue weighted by atomic mass is 32.2. The largest absolute Gasteiger partial charge is 0.315 e. The van der Waals surface area contributed by atoms with Gasteiger partial charge >= 0.3 is 4.87 Å². The van der Waals surface area contributed by atoms with Gasteiger partial charge in [0, 0.05) is 17.8 Å². The van der Waals surface area contributed by atoms with E-state index in [0.29, 0.717) is 17.4 Å². The van der Waals surface area contributed by atoms with Gasteiger partial charge in [-0.2, -0.15) is 0 Å². The lowest BCUT2D eigenvalue weighted by Gasteiger charge is -2.07. The second kappa shape index (κ2) is 5.26. The molecule has 2 N–H and O–H groups in total. The minimum atomic E-state index is -4.23. The summed E-state index contributed by atoms with van der Waals surface area (Å²) in [6.45, 7) is 1.37. The van der Waals surface area contributed by atoms with E-state index in [0.717, 1.165) is 12.1 Å². The molecule has 1 aromatic carbocycles. The Morgan fingerprint density at radius 3 is 2.62 bits per heavy atom. The number of aromatic nitrogens is 1. The first-order chi connectivity index (χ1) is 9.70. The van der Waals surface area contributed by atoms with Crippen molar-refractivity contribution >= 4 is 32.7 Å². The number of nitro groups is 1. The van der Waals surface area contributed by atoms with Gasteiger partial charge in [-0.3, -0.25) is 19.6 Å². The summed E-state index contributed by atoms with van der Waals surface area (Å²) in [5.74, 6) is -0.836. The van der Waals surface area contributed by atoms with E-state index in [2.05, 4.69) is 4.98 Å². The van der Waals surface area contributed by atoms with Gasteiger partial charge < -0.3 is 4.98 Å². The van der Waals surface area contributed by atoms with Gasteiger partial charge in [-0.25, -0.2) is 12.8 Å². The van der Waals surface area contributed by atoms with Crippen LogP contribution in [0.5, 0.6) is 0 Å². The molecule has 0 atom stereocenters. The van der Waals surface area contributed by atoms with E-state index >= 15 is 0 Å². The molecule has 21 heavy (non-hydrogen) atoms. The molecule has 0 fully saturated rings. The summed E-state index contributed by atoms with van der Waals surface area (Å²) in [6.07, 6.45) is 0. The van der Waals surface area contributed by atoms with Gasteiger partial charge in [0.2, 0.25) is 0 Å². The average molecular weight is 333 g/mol. The molecular weight excluding hydrogens is 325 g/mol. The monoisotopic (exact) mass is 333 g/mol. The van der Waals surface area contributed by atoms with E-state index < -0.39 is 37.0 Å². The van der Waals surface area contributed by atoms with Crippen molar-refractivity contribution in [2.75, 3.05) is 4.72 Å². The number of anilines is 1. The molecule has 11 heteroatoms. The maximum atomic E-state index is 13.2. The minimum Gasteiger partial charge on any atom is -0.315 e. The molecule has 0 bridgehead atoms. The number of thiazole rings is 1. The molecule has 1 heterocycles. The standard InChI is InChI=1S/C10H8FN3O5S2/c1-5-9(20-10(15)12-5)21(18,19)13-7-4-6(11)2-3-8(7)14(16)17/h2-4,13H,1H3,(H,12,15). The van der Waals surface area contributed by atoms with Crippen molar-refractivity contribution in [1.82, 2.24) is 4.98 Å². The van der Waals surface area contributed by atoms with Crippen LogP contribution in [0.1, 0.15) is 5.69 Å². The Morgan fingerprint density at radius 2 is 2.10 bits per heavy atom. The molecule has 112 valence electrons. The van der Waals surface area contributed by atoms with E-state index in [1.807, 2.05) is 4.72 Å². The highest BCUT2D eigenvalue weighted by Crippen LogP contribution is 2.28. The van der Waals surface area contributed by atoms with Crippen molar-refractivity contribution in [3.8, 4) is 0 Å². The highest BCUT2D eigenvalue weighted by molar-refractivity contribution is 7.94. The van der Waals surface area contributed by atoms with Crippen LogP contribution in [0.15, 0.2) is 27.2 Å². The van der Waals surface area contributed by atoms with Crippen molar-refractivity contribution in [1.29, 1.82) is 0 Å². The number of benzene rings is 1. The summed E-state index contributed by atoms with van der Waals surface area (Å²) in [4.78, 5) is 22.8. The van der Waals surface area contributed by atoms with Gasteiger partial charge in [-0.15, -0.1) is 0 Å². The normalized spacial score (nSPS) is 11.3. The number of aryl methyl sites for hydroxylation is 1. The van der Waals surface area contributed by atoms with E-state index in [4.69, 9.17) is 0 Å². The van der Waals surface area contributed by atoms with Crippen LogP contribution in [0.4, 0.5) is 15.8 Å². The molecule has 0 amide bonds. The lowest BCUT2D eigenvalue weighted by molar-refractivity contribution is -0.383. The predicted molar refractivity (Wildman–Crippen MR) is 73.5 cm³/mol. The summed E-state index contributed by atoms with van der Waals surface area (Å²) in [5, 5.41) is 10.8. The average Bonchev–Trinajstić information content (AvgIpc) is 2.68. The van der Waals surface area contributed by atoms with Crippen LogP contribution in [-0.2, 0) is 10.0 Å². The van der Waals surface area contributed by atoms with E-state index in [1.54, 1.807) is 0 Å². The number of hydrogen-bond donors (Lipinski definition) is 2. The van der Waals surface area contributed by atoms with Gasteiger partial charge in [0.1, 0.15) is 11.5 Å². The fourth-order valence-corrected chi connectivity index (χ4v) is 3.95. The third-order valence-electron chi connectivity index (χ3n) is 2.42. The van der Waals surface area contributed by atoms with E-state index in [1.165, 1.54) is 6.92 Å². The minimum absolute atomic E-state index is 0.0940. The van der Waals surface area contributed by atoms with Crippen molar-refractivity contribution in [2.45, 2.75) is 11.1 Å². The molecule has 0 aliphatic carbocycles. The number of nitrogens with one attached hydrogen (secondary N) is 2. The Labute approximate surface area is 121 Å². The van der Waals surface area contributed by atoms with Crippen LogP contribution in [0.25, 0.3) is 0 Å². The Bertz CT molecular complexity index is 871. The summed E-state index contributed by atoms with van der Waals surface area (Å²) >= 11 is 0.434. The zero-order chi connectivity index (χ0) is 15.8. The van der Waals surface area contributed by atoms with Crippen LogP contribution >= 0.6 is 11.3 Å². The first-order valence-corrected chi connectivity index (χ1v) is 7.67. The molecule has 8 nitrogen and oxygen atoms in total. The molecular formula is C10H8FN3O5S2. The summed E-state index contributed by atoms with van der Waals surface area (Å²) in [5.41, 5.74) is -1.02. The maximum Gasteiger partial charge on any atom is 0.306 e. The van der Waals surface area contributed by atoms with Crippen LogP contribution in [0.3, 0.4) is 0 Å². The molecule has 0 saturated heterocycles. The third kappa shape index (κ3) is 3.08. The molecule has 1 aromatic heterocycles. The summed E-state index contributed by atoms with van der Waals surface area (Å²) < 4.78 is 39.0. The molecule has 0 radical (unpaired) electrons. The summed E-state index contributed by atoms with van der Waals surface area (Å²) in [7, 11) is -4.23. The Kier molecular flexibility index (Phi) is 3.78. The van der Waals surface area contributed by atoms with Crippen LogP contribution in [-0.4, -0.2) is 18.3 Å². The smallest absolute Gasteiger partial charge is 0.306 e. The first kappa shape index (κ1) is 15.1. The molecule has 2 aromatic rings.